The molecule has 1 amide bonds. The summed E-state index contributed by atoms with van der Waals surface area (Å²) in [6, 6.07) is 41.1. The molecule has 6 aromatic rings. The Kier molecular flexibility index (Phi) is 8.11. The Bertz CT molecular complexity index is 1880. The maximum Gasteiger partial charge on any atom is 0.271 e. The van der Waals surface area contributed by atoms with Gasteiger partial charge in [-0.05, 0) is 121 Å². The molecule has 0 radical (unpaired) electrons. The highest BCUT2D eigenvalue weighted by molar-refractivity contribution is 14.1. The second-order valence-corrected chi connectivity index (χ2v) is 11.7. The van der Waals surface area contributed by atoms with Gasteiger partial charge in [-0.15, -0.1) is 0 Å². The molecule has 0 aliphatic rings. The summed E-state index contributed by atoms with van der Waals surface area (Å²) in [4.78, 5) is 13.0. The number of nitrogens with zero attached hydrogens (tertiary/aromatic N) is 3. The molecule has 0 atom stereocenters. The first-order valence-electron chi connectivity index (χ1n) is 14.1. The molecule has 0 aliphatic heterocycles. The minimum absolute atomic E-state index is 0.260. The number of carbonyl (C=O) groups is 1. The molecule has 5 nitrogen and oxygen atoms in total. The van der Waals surface area contributed by atoms with Crippen LogP contribution in [-0.2, 0) is 0 Å². The fourth-order valence-corrected chi connectivity index (χ4v) is 5.79. The maximum atomic E-state index is 13.0. The molecule has 1 N–H and O–H groups in total. The number of nitrogens with one attached hydrogen (secondary N) is 1. The van der Waals surface area contributed by atoms with Crippen LogP contribution in [0.2, 0.25) is 0 Å². The number of hydrazone groups is 1. The van der Waals surface area contributed by atoms with Crippen LogP contribution in [0, 0.1) is 24.3 Å². The SMILES string of the molecule is Cc1cc(-n2c(C)cc(/C=N\NC(=O)c3ccc(-n4c(-c5ccccc5)ccc4-c4ccccc4)cc3)c2C)ccc1I. The van der Waals surface area contributed by atoms with Gasteiger partial charge in [0, 0.05) is 37.5 Å². The van der Waals surface area contributed by atoms with E-state index in [4.69, 9.17) is 0 Å². The van der Waals surface area contributed by atoms with Crippen molar-refractivity contribution >= 4 is 34.7 Å². The Morgan fingerprint density at radius 1 is 0.698 bits per heavy atom. The Morgan fingerprint density at radius 2 is 1.28 bits per heavy atom. The molecule has 6 rings (SSSR count). The van der Waals surface area contributed by atoms with Gasteiger partial charge in [-0.2, -0.15) is 5.10 Å². The Morgan fingerprint density at radius 3 is 1.86 bits per heavy atom. The molecule has 2 aromatic heterocycles. The molecular formula is C37H31IN4O. The minimum atomic E-state index is -0.260. The number of halogens is 1. The van der Waals surface area contributed by atoms with Crippen molar-refractivity contribution in [3.63, 3.8) is 0 Å². The number of hydrogen-bond acceptors (Lipinski definition) is 2. The number of carbonyl (C=O) groups excluding carboxylic acids is 1. The van der Waals surface area contributed by atoms with Gasteiger partial charge in [0.05, 0.1) is 17.6 Å². The highest BCUT2D eigenvalue weighted by Crippen LogP contribution is 2.32. The van der Waals surface area contributed by atoms with Gasteiger partial charge in [0.2, 0.25) is 0 Å². The normalized spacial score (nSPS) is 11.3. The van der Waals surface area contributed by atoms with Crippen LogP contribution in [0.3, 0.4) is 0 Å². The lowest BCUT2D eigenvalue weighted by Gasteiger charge is -2.15. The average Bonchev–Trinajstić information content (AvgIpc) is 3.60. The summed E-state index contributed by atoms with van der Waals surface area (Å²) in [5, 5.41) is 4.29. The number of aryl methyl sites for hydroxylation is 2. The minimum Gasteiger partial charge on any atom is -0.318 e. The number of aromatic nitrogens is 2. The molecule has 4 aromatic carbocycles. The quantitative estimate of drug-likeness (QED) is 0.103. The molecule has 0 spiro atoms. The third-order valence-electron chi connectivity index (χ3n) is 7.65. The van der Waals surface area contributed by atoms with E-state index < -0.39 is 0 Å². The van der Waals surface area contributed by atoms with Crippen LogP contribution in [0.5, 0.6) is 0 Å². The van der Waals surface area contributed by atoms with E-state index in [1.54, 1.807) is 6.21 Å². The van der Waals surface area contributed by atoms with Crippen molar-refractivity contribution in [1.29, 1.82) is 0 Å². The second-order valence-electron chi connectivity index (χ2n) is 10.5. The Hall–Kier alpha value is -4.69. The van der Waals surface area contributed by atoms with E-state index in [-0.39, 0.29) is 5.91 Å². The van der Waals surface area contributed by atoms with Gasteiger partial charge in [0.1, 0.15) is 0 Å². The molecule has 212 valence electrons. The molecule has 0 aliphatic carbocycles. The van der Waals surface area contributed by atoms with E-state index in [1.165, 1.54) is 9.13 Å². The number of amides is 1. The molecule has 0 saturated heterocycles. The Labute approximate surface area is 265 Å². The molecular weight excluding hydrogens is 643 g/mol. The first kappa shape index (κ1) is 28.4. The van der Waals surface area contributed by atoms with Crippen LogP contribution in [0.1, 0.15) is 32.9 Å². The molecule has 0 unspecified atom stereocenters. The molecule has 43 heavy (non-hydrogen) atoms. The topological polar surface area (TPSA) is 51.3 Å². The number of rotatable bonds is 7. The van der Waals surface area contributed by atoms with E-state index >= 15 is 0 Å². The van der Waals surface area contributed by atoms with Gasteiger partial charge in [-0.3, -0.25) is 4.79 Å². The van der Waals surface area contributed by atoms with Crippen molar-refractivity contribution in [3.8, 4) is 33.9 Å². The third kappa shape index (κ3) is 5.83. The fourth-order valence-electron chi connectivity index (χ4n) is 5.45. The van der Waals surface area contributed by atoms with Crippen molar-refractivity contribution in [1.82, 2.24) is 14.6 Å². The first-order valence-corrected chi connectivity index (χ1v) is 15.2. The lowest BCUT2D eigenvalue weighted by atomic mass is 10.1. The van der Waals surface area contributed by atoms with E-state index in [0.717, 1.165) is 50.8 Å². The second kappa shape index (κ2) is 12.3. The van der Waals surface area contributed by atoms with Crippen molar-refractivity contribution < 1.29 is 4.79 Å². The summed E-state index contributed by atoms with van der Waals surface area (Å²) >= 11 is 2.35. The van der Waals surface area contributed by atoms with Crippen LogP contribution in [0.15, 0.2) is 126 Å². The van der Waals surface area contributed by atoms with Crippen molar-refractivity contribution in [2.45, 2.75) is 20.8 Å². The van der Waals surface area contributed by atoms with Gasteiger partial charge >= 0.3 is 0 Å². The van der Waals surface area contributed by atoms with Crippen LogP contribution < -0.4 is 5.43 Å². The summed E-state index contributed by atoms with van der Waals surface area (Å²) in [7, 11) is 0. The zero-order valence-corrected chi connectivity index (χ0v) is 26.4. The average molecular weight is 675 g/mol. The standard InChI is InChI=1S/C37H31IN4O/c1-25-22-33(18-19-34(25)38)41-26(2)23-31(27(41)3)24-39-40-37(43)30-14-16-32(17-15-30)42-35(28-10-6-4-7-11-28)20-21-36(42)29-12-8-5-9-13-29/h4-24H,1-3H3,(H,40,43)/b39-24-. The lowest BCUT2D eigenvalue weighted by molar-refractivity contribution is 0.0955. The van der Waals surface area contributed by atoms with Crippen LogP contribution in [0.4, 0.5) is 0 Å². The van der Waals surface area contributed by atoms with Gasteiger partial charge < -0.3 is 9.13 Å². The van der Waals surface area contributed by atoms with Crippen molar-refractivity contribution in [3.05, 3.63) is 153 Å². The lowest BCUT2D eigenvalue weighted by Crippen LogP contribution is -2.17. The molecule has 6 heteroatoms. The van der Waals surface area contributed by atoms with Gasteiger partial charge in [-0.1, -0.05) is 60.7 Å². The summed E-state index contributed by atoms with van der Waals surface area (Å²) < 4.78 is 5.68. The summed E-state index contributed by atoms with van der Waals surface area (Å²) in [5.74, 6) is -0.260. The van der Waals surface area contributed by atoms with E-state index in [2.05, 4.69) is 124 Å². The maximum absolute atomic E-state index is 13.0. The zero-order chi connectivity index (χ0) is 29.9. The smallest absolute Gasteiger partial charge is 0.271 e. The first-order chi connectivity index (χ1) is 20.9. The highest BCUT2D eigenvalue weighted by atomic mass is 127. The van der Waals surface area contributed by atoms with Gasteiger partial charge in [0.15, 0.2) is 0 Å². The highest BCUT2D eigenvalue weighted by Gasteiger charge is 2.15. The summed E-state index contributed by atoms with van der Waals surface area (Å²) in [5.41, 5.74) is 14.1. The predicted molar refractivity (Wildman–Crippen MR) is 184 cm³/mol. The van der Waals surface area contributed by atoms with Crippen LogP contribution in [0.25, 0.3) is 33.9 Å². The van der Waals surface area contributed by atoms with E-state index in [9.17, 15) is 4.79 Å². The predicted octanol–water partition coefficient (Wildman–Crippen LogP) is 8.90. The largest absolute Gasteiger partial charge is 0.318 e. The fraction of sp³-hybridized carbons (Fsp3) is 0.0811. The number of benzene rings is 4. The number of hydrogen-bond donors (Lipinski definition) is 1. The van der Waals surface area contributed by atoms with Crippen LogP contribution in [-0.4, -0.2) is 21.3 Å². The summed E-state index contributed by atoms with van der Waals surface area (Å²) in [6.07, 6.45) is 1.71. The van der Waals surface area contributed by atoms with E-state index in [1.807, 2.05) is 60.7 Å². The Balaban J connectivity index is 1.23. The molecule has 0 saturated carbocycles. The molecule has 0 bridgehead atoms. The van der Waals surface area contributed by atoms with Crippen molar-refractivity contribution in [2.75, 3.05) is 0 Å². The molecule has 0 fully saturated rings. The third-order valence-corrected chi connectivity index (χ3v) is 8.86. The van der Waals surface area contributed by atoms with Gasteiger partial charge in [0.25, 0.3) is 5.91 Å². The van der Waals surface area contributed by atoms with Crippen molar-refractivity contribution in [2.24, 2.45) is 5.10 Å². The zero-order valence-electron chi connectivity index (χ0n) is 24.3. The van der Waals surface area contributed by atoms with Gasteiger partial charge in [-0.25, -0.2) is 5.43 Å². The van der Waals surface area contributed by atoms with E-state index in [0.29, 0.717) is 5.56 Å². The van der Waals surface area contributed by atoms with Crippen LogP contribution >= 0.6 is 22.6 Å². The summed E-state index contributed by atoms with van der Waals surface area (Å²) in [6.45, 7) is 6.26. The monoisotopic (exact) mass is 674 g/mol. The molecule has 2 heterocycles.